The molecule has 3 aromatic rings. The lowest BCUT2D eigenvalue weighted by atomic mass is 10.2. The minimum absolute atomic E-state index is 0.0571. The molecule has 0 atom stereocenters. The first kappa shape index (κ1) is 17.4. The minimum Gasteiger partial charge on any atom is -0.336 e. The van der Waals surface area contributed by atoms with Crippen molar-refractivity contribution in [3.63, 3.8) is 0 Å². The lowest BCUT2D eigenvalue weighted by Crippen LogP contribution is -2.24. The number of hydrogen-bond acceptors (Lipinski definition) is 3. The molecule has 0 aliphatic carbocycles. The van der Waals surface area contributed by atoms with E-state index in [0.717, 1.165) is 26.0 Å². The number of nitrogens with zero attached hydrogens (tertiary/aromatic N) is 2. The lowest BCUT2D eigenvalue weighted by molar-refractivity contribution is -0.125. The molecule has 0 fully saturated rings. The normalized spacial score (nSPS) is 11.0. The van der Waals surface area contributed by atoms with E-state index in [9.17, 15) is 4.79 Å². The SMILES string of the molecule is CN(Cc1ccccn1)C(=O)/C=C\c1ccc(-c2ccccc2Cl)s1. The number of thiophene rings is 1. The van der Waals surface area contributed by atoms with Gasteiger partial charge in [0.25, 0.3) is 0 Å². The van der Waals surface area contributed by atoms with Crippen molar-refractivity contribution in [2.24, 2.45) is 0 Å². The molecule has 0 aliphatic heterocycles. The van der Waals surface area contributed by atoms with Crippen molar-refractivity contribution in [2.75, 3.05) is 7.05 Å². The van der Waals surface area contributed by atoms with E-state index >= 15 is 0 Å². The number of halogens is 1. The van der Waals surface area contributed by atoms with Crippen LogP contribution in [0.15, 0.2) is 66.9 Å². The van der Waals surface area contributed by atoms with E-state index in [1.165, 1.54) is 0 Å². The number of carbonyl (C=O) groups is 1. The van der Waals surface area contributed by atoms with Gasteiger partial charge in [0.15, 0.2) is 0 Å². The van der Waals surface area contributed by atoms with Crippen LogP contribution in [-0.4, -0.2) is 22.8 Å². The maximum atomic E-state index is 12.2. The smallest absolute Gasteiger partial charge is 0.246 e. The monoisotopic (exact) mass is 368 g/mol. The van der Waals surface area contributed by atoms with Gasteiger partial charge in [0.05, 0.1) is 12.2 Å². The Hall–Kier alpha value is -2.43. The summed E-state index contributed by atoms with van der Waals surface area (Å²) in [4.78, 5) is 20.2. The Morgan fingerprint density at radius 1 is 1.16 bits per heavy atom. The number of aromatic nitrogens is 1. The molecule has 3 rings (SSSR count). The van der Waals surface area contributed by atoms with Crippen LogP contribution in [0.25, 0.3) is 16.5 Å². The van der Waals surface area contributed by atoms with Crippen molar-refractivity contribution >= 4 is 34.9 Å². The summed E-state index contributed by atoms with van der Waals surface area (Å²) in [5.41, 5.74) is 1.87. The van der Waals surface area contributed by atoms with Crippen LogP contribution < -0.4 is 0 Å². The molecule has 3 nitrogen and oxygen atoms in total. The second-order valence-corrected chi connectivity index (χ2v) is 7.05. The first-order valence-corrected chi connectivity index (χ1v) is 9.01. The van der Waals surface area contributed by atoms with Crippen LogP contribution in [0.3, 0.4) is 0 Å². The number of likely N-dealkylation sites (N-methyl/N-ethyl adjacent to an activating group) is 1. The van der Waals surface area contributed by atoms with Crippen LogP contribution in [0.5, 0.6) is 0 Å². The zero-order valence-corrected chi connectivity index (χ0v) is 15.3. The van der Waals surface area contributed by atoms with Gasteiger partial charge in [-0.25, -0.2) is 0 Å². The van der Waals surface area contributed by atoms with Crippen molar-refractivity contribution in [3.05, 3.63) is 82.5 Å². The second-order valence-electron chi connectivity index (χ2n) is 5.53. The predicted octanol–water partition coefficient (Wildman–Crippen LogP) is 5.14. The van der Waals surface area contributed by atoms with Gasteiger partial charge >= 0.3 is 0 Å². The number of carbonyl (C=O) groups excluding carboxylic acids is 1. The van der Waals surface area contributed by atoms with Gasteiger partial charge in [0.1, 0.15) is 0 Å². The Balaban J connectivity index is 1.66. The van der Waals surface area contributed by atoms with Crippen molar-refractivity contribution in [1.82, 2.24) is 9.88 Å². The Kier molecular flexibility index (Phi) is 5.64. The number of hydrogen-bond donors (Lipinski definition) is 0. The molecule has 0 aliphatic rings. The third-order valence-corrected chi connectivity index (χ3v) is 5.07. The zero-order chi connectivity index (χ0) is 17.6. The Morgan fingerprint density at radius 3 is 2.72 bits per heavy atom. The number of benzene rings is 1. The number of amides is 1. The predicted molar refractivity (Wildman–Crippen MR) is 105 cm³/mol. The molecule has 5 heteroatoms. The zero-order valence-electron chi connectivity index (χ0n) is 13.7. The number of pyridine rings is 1. The molecule has 1 aromatic carbocycles. The molecule has 0 N–H and O–H groups in total. The van der Waals surface area contributed by atoms with Gasteiger partial charge in [-0.05, 0) is 36.4 Å². The van der Waals surface area contributed by atoms with E-state index in [2.05, 4.69) is 4.98 Å². The van der Waals surface area contributed by atoms with E-state index < -0.39 is 0 Å². The molecule has 0 unspecified atom stereocenters. The first-order valence-electron chi connectivity index (χ1n) is 7.81. The third kappa shape index (κ3) is 4.56. The largest absolute Gasteiger partial charge is 0.336 e. The maximum absolute atomic E-state index is 12.2. The standard InChI is InChI=1S/C20H17ClN2OS/c1-23(14-15-6-4-5-13-22-15)20(24)12-10-16-9-11-19(25-16)17-7-2-3-8-18(17)21/h2-13H,14H2,1H3/b12-10-. The van der Waals surface area contributed by atoms with Gasteiger partial charge in [-0.3, -0.25) is 9.78 Å². The summed E-state index contributed by atoms with van der Waals surface area (Å²) in [6.45, 7) is 0.485. The summed E-state index contributed by atoms with van der Waals surface area (Å²) in [7, 11) is 1.77. The van der Waals surface area contributed by atoms with Crippen LogP contribution in [0.1, 0.15) is 10.6 Å². The van der Waals surface area contributed by atoms with Crippen molar-refractivity contribution < 1.29 is 4.79 Å². The molecule has 0 spiro atoms. The number of rotatable bonds is 5. The van der Waals surface area contributed by atoms with Gasteiger partial charge in [0.2, 0.25) is 5.91 Å². The van der Waals surface area contributed by atoms with Crippen LogP contribution >= 0.6 is 22.9 Å². The maximum Gasteiger partial charge on any atom is 0.246 e. The molecule has 0 saturated carbocycles. The van der Waals surface area contributed by atoms with Crippen molar-refractivity contribution in [1.29, 1.82) is 0 Å². The molecular weight excluding hydrogens is 352 g/mol. The topological polar surface area (TPSA) is 33.2 Å². The van der Waals surface area contributed by atoms with Crippen LogP contribution in [-0.2, 0) is 11.3 Å². The molecule has 2 heterocycles. The van der Waals surface area contributed by atoms with E-state index in [1.54, 1.807) is 35.6 Å². The van der Waals surface area contributed by atoms with Crippen molar-refractivity contribution in [2.45, 2.75) is 6.54 Å². The van der Waals surface area contributed by atoms with Gasteiger partial charge in [-0.1, -0.05) is 35.9 Å². The molecule has 0 saturated heterocycles. The van der Waals surface area contributed by atoms with E-state index in [0.29, 0.717) is 6.54 Å². The van der Waals surface area contributed by atoms with Crippen LogP contribution in [0.2, 0.25) is 5.02 Å². The van der Waals surface area contributed by atoms with E-state index in [4.69, 9.17) is 11.6 Å². The van der Waals surface area contributed by atoms with Crippen molar-refractivity contribution in [3.8, 4) is 10.4 Å². The molecule has 0 radical (unpaired) electrons. The van der Waals surface area contributed by atoms with E-state index in [-0.39, 0.29) is 5.91 Å². The van der Waals surface area contributed by atoms with Gasteiger partial charge < -0.3 is 4.90 Å². The fourth-order valence-electron chi connectivity index (χ4n) is 2.34. The Bertz CT molecular complexity index is 889. The van der Waals surface area contributed by atoms with Gasteiger partial charge in [0, 0.05) is 39.7 Å². The van der Waals surface area contributed by atoms with Crippen LogP contribution in [0.4, 0.5) is 0 Å². The highest BCUT2D eigenvalue weighted by Crippen LogP contribution is 2.33. The summed E-state index contributed by atoms with van der Waals surface area (Å²) in [5.74, 6) is -0.0571. The highest BCUT2D eigenvalue weighted by Gasteiger charge is 2.08. The molecular formula is C20H17ClN2OS. The van der Waals surface area contributed by atoms with Crippen LogP contribution in [0, 0.1) is 0 Å². The third-order valence-electron chi connectivity index (χ3n) is 3.66. The van der Waals surface area contributed by atoms with Gasteiger partial charge in [-0.15, -0.1) is 11.3 Å². The average Bonchev–Trinajstić information content (AvgIpc) is 3.09. The molecule has 1 amide bonds. The first-order chi connectivity index (χ1) is 12.1. The summed E-state index contributed by atoms with van der Waals surface area (Å²) in [5, 5.41) is 0.728. The molecule has 0 bridgehead atoms. The summed E-state index contributed by atoms with van der Waals surface area (Å²) in [6, 6.07) is 17.4. The molecule has 126 valence electrons. The quantitative estimate of drug-likeness (QED) is 0.584. The van der Waals surface area contributed by atoms with Gasteiger partial charge in [-0.2, -0.15) is 0 Å². The highest BCUT2D eigenvalue weighted by molar-refractivity contribution is 7.16. The minimum atomic E-state index is -0.0571. The summed E-state index contributed by atoms with van der Waals surface area (Å²) < 4.78 is 0. The lowest BCUT2D eigenvalue weighted by Gasteiger charge is -2.14. The molecule has 25 heavy (non-hydrogen) atoms. The van der Waals surface area contributed by atoms with E-state index in [1.807, 2.05) is 60.7 Å². The average molecular weight is 369 g/mol. The highest BCUT2D eigenvalue weighted by atomic mass is 35.5. The Labute approximate surface area is 156 Å². The fraction of sp³-hybridized carbons (Fsp3) is 0.100. The molecule has 2 aromatic heterocycles. The fourth-order valence-corrected chi connectivity index (χ4v) is 3.59. The Morgan fingerprint density at radius 2 is 1.96 bits per heavy atom. The summed E-state index contributed by atoms with van der Waals surface area (Å²) >= 11 is 7.84. The second kappa shape index (κ2) is 8.10. The summed E-state index contributed by atoms with van der Waals surface area (Å²) in [6.07, 6.45) is 5.15.